The second kappa shape index (κ2) is 6.33. The molecule has 13 heavy (non-hydrogen) atoms. The van der Waals surface area contributed by atoms with Crippen LogP contribution in [0.1, 0.15) is 6.42 Å². The van der Waals surface area contributed by atoms with Crippen LogP contribution in [0, 0.1) is 0 Å². The lowest BCUT2D eigenvalue weighted by Crippen LogP contribution is -2.29. The van der Waals surface area contributed by atoms with Gasteiger partial charge in [-0.05, 0) is 7.05 Å². The monoisotopic (exact) mass is 218 g/mol. The number of nitrogens with one attached hydrogen (secondary N) is 2. The van der Waals surface area contributed by atoms with Gasteiger partial charge in [-0.2, -0.15) is 13.2 Å². The molecule has 1 atom stereocenters. The summed E-state index contributed by atoms with van der Waals surface area (Å²) in [5.74, 6) is -0.382. The average molecular weight is 218 g/mol. The Morgan fingerprint density at radius 1 is 1.31 bits per heavy atom. The van der Waals surface area contributed by atoms with Gasteiger partial charge in [-0.15, -0.1) is 0 Å². The van der Waals surface area contributed by atoms with Gasteiger partial charge >= 0.3 is 6.18 Å². The highest BCUT2D eigenvalue weighted by molar-refractivity contribution is 7.83. The van der Waals surface area contributed by atoms with E-state index < -0.39 is 23.6 Å². The largest absolute Gasteiger partial charge is 0.390 e. The second-order valence-corrected chi connectivity index (χ2v) is 3.80. The SMILES string of the molecule is CNCCNS(=O)CCC(F)(F)F. The van der Waals surface area contributed by atoms with Crippen LogP contribution in [0.5, 0.6) is 0 Å². The van der Waals surface area contributed by atoms with Crippen molar-refractivity contribution < 1.29 is 17.4 Å². The molecule has 0 radical (unpaired) electrons. The van der Waals surface area contributed by atoms with Crippen LogP contribution in [0.2, 0.25) is 0 Å². The molecule has 0 aliphatic heterocycles. The van der Waals surface area contributed by atoms with Crippen LogP contribution in [0.25, 0.3) is 0 Å². The lowest BCUT2D eigenvalue weighted by atomic mass is 10.5. The molecule has 0 saturated carbocycles. The summed E-state index contributed by atoms with van der Waals surface area (Å²) in [5.41, 5.74) is 0. The van der Waals surface area contributed by atoms with Crippen LogP contribution in [-0.4, -0.2) is 36.3 Å². The number of hydrogen-bond acceptors (Lipinski definition) is 2. The summed E-state index contributed by atoms with van der Waals surface area (Å²) < 4.78 is 48.2. The first-order chi connectivity index (χ1) is 5.95. The van der Waals surface area contributed by atoms with Crippen molar-refractivity contribution >= 4 is 11.0 Å². The van der Waals surface area contributed by atoms with Crippen molar-refractivity contribution in [2.75, 3.05) is 25.9 Å². The van der Waals surface area contributed by atoms with Gasteiger partial charge in [0, 0.05) is 18.8 Å². The highest BCUT2D eigenvalue weighted by Crippen LogP contribution is 2.19. The fourth-order valence-electron chi connectivity index (χ4n) is 0.570. The minimum absolute atomic E-state index is 0.382. The Morgan fingerprint density at radius 2 is 1.92 bits per heavy atom. The first kappa shape index (κ1) is 12.9. The van der Waals surface area contributed by atoms with Crippen LogP contribution >= 0.6 is 0 Å². The fourth-order valence-corrected chi connectivity index (χ4v) is 1.46. The molecule has 0 saturated heterocycles. The van der Waals surface area contributed by atoms with Gasteiger partial charge in [-0.25, -0.2) is 8.93 Å². The van der Waals surface area contributed by atoms with Gasteiger partial charge in [-0.1, -0.05) is 0 Å². The van der Waals surface area contributed by atoms with E-state index in [1.54, 1.807) is 7.05 Å². The maximum atomic E-state index is 11.6. The van der Waals surface area contributed by atoms with Crippen molar-refractivity contribution in [1.29, 1.82) is 0 Å². The molecule has 80 valence electrons. The van der Waals surface area contributed by atoms with Gasteiger partial charge < -0.3 is 5.32 Å². The van der Waals surface area contributed by atoms with Crippen LogP contribution in [-0.2, 0) is 11.0 Å². The summed E-state index contributed by atoms with van der Waals surface area (Å²) in [4.78, 5) is 0. The van der Waals surface area contributed by atoms with Crippen molar-refractivity contribution in [2.24, 2.45) is 0 Å². The third-order valence-electron chi connectivity index (χ3n) is 1.21. The Kier molecular flexibility index (Phi) is 6.27. The predicted molar refractivity (Wildman–Crippen MR) is 45.6 cm³/mol. The molecule has 2 N–H and O–H groups in total. The molecule has 0 bridgehead atoms. The summed E-state index contributed by atoms with van der Waals surface area (Å²) in [7, 11) is 0.131. The van der Waals surface area contributed by atoms with Crippen molar-refractivity contribution in [3.05, 3.63) is 0 Å². The molecule has 0 aromatic heterocycles. The zero-order valence-electron chi connectivity index (χ0n) is 7.28. The zero-order chi connectivity index (χ0) is 10.3. The Hall–Kier alpha value is -0.140. The molecule has 0 rings (SSSR count). The molecular formula is C6H13F3N2OS. The molecular weight excluding hydrogens is 205 g/mol. The van der Waals surface area contributed by atoms with E-state index in [-0.39, 0.29) is 5.75 Å². The molecule has 0 aromatic carbocycles. The van der Waals surface area contributed by atoms with E-state index in [2.05, 4.69) is 10.0 Å². The smallest absolute Gasteiger partial charge is 0.318 e. The predicted octanol–water partition coefficient (Wildman–Crippen LogP) is 0.411. The molecule has 1 unspecified atom stereocenters. The van der Waals surface area contributed by atoms with E-state index in [1.165, 1.54) is 0 Å². The molecule has 0 aliphatic carbocycles. The van der Waals surface area contributed by atoms with Crippen LogP contribution < -0.4 is 10.0 Å². The number of alkyl halides is 3. The summed E-state index contributed by atoms with van der Waals surface area (Å²) in [6.07, 6.45) is -5.23. The molecule has 0 aliphatic rings. The van der Waals surface area contributed by atoms with Crippen molar-refractivity contribution in [3.8, 4) is 0 Å². The van der Waals surface area contributed by atoms with E-state index in [9.17, 15) is 17.4 Å². The van der Waals surface area contributed by atoms with Gasteiger partial charge in [0.2, 0.25) is 0 Å². The molecule has 0 aromatic rings. The Balaban J connectivity index is 3.41. The Bertz CT molecular complexity index is 162. The quantitative estimate of drug-likeness (QED) is 0.634. The summed E-state index contributed by atoms with van der Waals surface area (Å²) in [6, 6.07) is 0. The van der Waals surface area contributed by atoms with Crippen molar-refractivity contribution in [3.63, 3.8) is 0 Å². The molecule has 0 fully saturated rings. The Morgan fingerprint density at radius 3 is 2.38 bits per heavy atom. The van der Waals surface area contributed by atoms with Crippen molar-refractivity contribution in [1.82, 2.24) is 10.0 Å². The van der Waals surface area contributed by atoms with Gasteiger partial charge in [0.1, 0.15) is 0 Å². The lowest BCUT2D eigenvalue weighted by molar-refractivity contribution is -0.129. The minimum Gasteiger partial charge on any atom is -0.318 e. The normalized spacial score (nSPS) is 14.5. The molecule has 0 amide bonds. The number of halogens is 3. The summed E-state index contributed by atoms with van der Waals surface area (Å²) in [6.45, 7) is 0.985. The van der Waals surface area contributed by atoms with E-state index in [0.29, 0.717) is 13.1 Å². The van der Waals surface area contributed by atoms with Gasteiger partial charge in [0.05, 0.1) is 17.4 Å². The second-order valence-electron chi connectivity index (χ2n) is 2.41. The molecule has 0 spiro atoms. The van der Waals surface area contributed by atoms with E-state index in [1.807, 2.05) is 0 Å². The fraction of sp³-hybridized carbons (Fsp3) is 1.00. The maximum Gasteiger partial charge on any atom is 0.390 e. The van der Waals surface area contributed by atoms with E-state index in [0.717, 1.165) is 0 Å². The lowest BCUT2D eigenvalue weighted by Gasteiger charge is -2.06. The van der Waals surface area contributed by atoms with Gasteiger partial charge in [-0.3, -0.25) is 0 Å². The van der Waals surface area contributed by atoms with Crippen LogP contribution in [0.4, 0.5) is 13.2 Å². The van der Waals surface area contributed by atoms with Gasteiger partial charge in [0.15, 0.2) is 0 Å². The number of rotatable bonds is 6. The van der Waals surface area contributed by atoms with Gasteiger partial charge in [0.25, 0.3) is 0 Å². The molecule has 0 heterocycles. The number of likely N-dealkylation sites (N-methyl/N-ethyl adjacent to an activating group) is 1. The first-order valence-electron chi connectivity index (χ1n) is 3.79. The molecule has 3 nitrogen and oxygen atoms in total. The van der Waals surface area contributed by atoms with E-state index >= 15 is 0 Å². The third-order valence-corrected chi connectivity index (χ3v) is 2.31. The Labute approximate surface area is 77.7 Å². The average Bonchev–Trinajstić information content (AvgIpc) is 2.00. The third kappa shape index (κ3) is 9.78. The standard InChI is InChI=1S/C6H13F3N2OS/c1-10-3-4-11-13(12)5-2-6(7,8)9/h10-11H,2-5H2,1H3. The number of hydrogen-bond donors (Lipinski definition) is 2. The highest BCUT2D eigenvalue weighted by Gasteiger charge is 2.27. The molecule has 7 heteroatoms. The van der Waals surface area contributed by atoms with E-state index in [4.69, 9.17) is 0 Å². The maximum absolute atomic E-state index is 11.6. The summed E-state index contributed by atoms with van der Waals surface area (Å²) >= 11 is 0. The highest BCUT2D eigenvalue weighted by atomic mass is 32.2. The summed E-state index contributed by atoms with van der Waals surface area (Å²) in [5, 5.41) is 2.78. The van der Waals surface area contributed by atoms with Crippen LogP contribution in [0.3, 0.4) is 0 Å². The minimum atomic E-state index is -4.22. The first-order valence-corrected chi connectivity index (χ1v) is 5.11. The van der Waals surface area contributed by atoms with Crippen LogP contribution in [0.15, 0.2) is 0 Å². The van der Waals surface area contributed by atoms with Crippen molar-refractivity contribution in [2.45, 2.75) is 12.6 Å². The topological polar surface area (TPSA) is 41.1 Å². The zero-order valence-corrected chi connectivity index (χ0v) is 8.10.